The number of ether oxygens (including phenoxy) is 1. The second-order valence-corrected chi connectivity index (χ2v) is 7.51. The molecule has 0 atom stereocenters. The van der Waals surface area contributed by atoms with E-state index in [1.165, 1.54) is 0 Å². The average Bonchev–Trinajstić information content (AvgIpc) is 2.59. The minimum absolute atomic E-state index is 0. The van der Waals surface area contributed by atoms with Crippen molar-refractivity contribution in [1.82, 2.24) is 0 Å². The van der Waals surface area contributed by atoms with E-state index in [1.807, 2.05) is 49.4 Å². The summed E-state index contributed by atoms with van der Waals surface area (Å²) in [5.74, 6) is 0.607. The molecule has 2 aromatic carbocycles. The Balaban J connectivity index is 0.00000364. The Hall–Kier alpha value is -2.24. The SMILES string of the molecule is Cc1c(NCC(C)(C)C)cccc1C(=O)Nc1ccc(OCCN)cc1.Cl. The molecule has 1 amide bonds. The zero-order valence-corrected chi connectivity index (χ0v) is 17.3. The van der Waals surface area contributed by atoms with Crippen LogP contribution in [0.3, 0.4) is 0 Å². The van der Waals surface area contributed by atoms with Gasteiger partial charge < -0.3 is 21.1 Å². The standard InChI is InChI=1S/C21H29N3O2.ClH/c1-15-18(6-5-7-19(15)23-14-21(2,3)4)20(25)24-16-8-10-17(11-9-16)26-13-12-22;/h5-11,23H,12-14,22H2,1-4H3,(H,24,25);1H. The van der Waals surface area contributed by atoms with Gasteiger partial charge in [0.25, 0.3) is 5.91 Å². The van der Waals surface area contributed by atoms with Crippen molar-refractivity contribution >= 4 is 29.7 Å². The molecule has 0 aliphatic rings. The largest absolute Gasteiger partial charge is 0.492 e. The summed E-state index contributed by atoms with van der Waals surface area (Å²) in [6, 6.07) is 13.0. The van der Waals surface area contributed by atoms with Crippen LogP contribution in [0.4, 0.5) is 11.4 Å². The zero-order chi connectivity index (χ0) is 19.2. The van der Waals surface area contributed by atoms with Crippen LogP contribution in [-0.2, 0) is 0 Å². The Kier molecular flexibility index (Phi) is 8.60. The molecule has 6 heteroatoms. The van der Waals surface area contributed by atoms with Gasteiger partial charge in [-0.1, -0.05) is 26.8 Å². The van der Waals surface area contributed by atoms with E-state index in [2.05, 4.69) is 31.4 Å². The monoisotopic (exact) mass is 391 g/mol. The number of anilines is 2. The number of halogens is 1. The minimum Gasteiger partial charge on any atom is -0.492 e. The molecule has 0 spiro atoms. The predicted octanol–water partition coefficient (Wildman–Crippen LogP) is 4.46. The van der Waals surface area contributed by atoms with Crippen LogP contribution in [0.1, 0.15) is 36.7 Å². The van der Waals surface area contributed by atoms with Crippen LogP contribution in [0.25, 0.3) is 0 Å². The van der Waals surface area contributed by atoms with Gasteiger partial charge in [-0.15, -0.1) is 12.4 Å². The quantitative estimate of drug-likeness (QED) is 0.651. The molecule has 4 N–H and O–H groups in total. The highest BCUT2D eigenvalue weighted by Gasteiger charge is 2.14. The summed E-state index contributed by atoms with van der Waals surface area (Å²) in [7, 11) is 0. The van der Waals surface area contributed by atoms with Crippen molar-refractivity contribution in [2.45, 2.75) is 27.7 Å². The molecular weight excluding hydrogens is 362 g/mol. The Morgan fingerprint density at radius 2 is 1.78 bits per heavy atom. The van der Waals surface area contributed by atoms with Crippen LogP contribution < -0.4 is 21.1 Å². The zero-order valence-electron chi connectivity index (χ0n) is 16.5. The van der Waals surface area contributed by atoms with Gasteiger partial charge in [-0.25, -0.2) is 0 Å². The fourth-order valence-electron chi connectivity index (χ4n) is 2.44. The number of hydrogen-bond donors (Lipinski definition) is 3. The first kappa shape index (κ1) is 22.8. The fraction of sp³-hybridized carbons (Fsp3) is 0.381. The van der Waals surface area contributed by atoms with Crippen molar-refractivity contribution in [3.8, 4) is 5.75 Å². The van der Waals surface area contributed by atoms with Crippen LogP contribution in [0, 0.1) is 12.3 Å². The smallest absolute Gasteiger partial charge is 0.256 e. The lowest BCUT2D eigenvalue weighted by Crippen LogP contribution is -2.20. The third-order valence-electron chi connectivity index (χ3n) is 3.89. The van der Waals surface area contributed by atoms with Gasteiger partial charge in [0.15, 0.2) is 0 Å². The summed E-state index contributed by atoms with van der Waals surface area (Å²) in [5, 5.41) is 6.37. The van der Waals surface area contributed by atoms with E-state index in [4.69, 9.17) is 10.5 Å². The van der Waals surface area contributed by atoms with Gasteiger partial charge in [-0.2, -0.15) is 0 Å². The molecule has 0 fully saturated rings. The van der Waals surface area contributed by atoms with E-state index < -0.39 is 0 Å². The van der Waals surface area contributed by atoms with Crippen LogP contribution in [0.2, 0.25) is 0 Å². The molecule has 0 aliphatic heterocycles. The number of carbonyl (C=O) groups is 1. The summed E-state index contributed by atoms with van der Waals surface area (Å²) < 4.78 is 5.44. The van der Waals surface area contributed by atoms with Crippen molar-refractivity contribution in [3.63, 3.8) is 0 Å². The maximum absolute atomic E-state index is 12.7. The highest BCUT2D eigenvalue weighted by Crippen LogP contribution is 2.23. The molecular formula is C21H30ClN3O2. The van der Waals surface area contributed by atoms with Crippen LogP contribution in [0.15, 0.2) is 42.5 Å². The van der Waals surface area contributed by atoms with Crippen LogP contribution in [0.5, 0.6) is 5.75 Å². The van der Waals surface area contributed by atoms with E-state index in [9.17, 15) is 4.79 Å². The van der Waals surface area contributed by atoms with Gasteiger partial charge >= 0.3 is 0 Å². The van der Waals surface area contributed by atoms with Crippen molar-refractivity contribution < 1.29 is 9.53 Å². The van der Waals surface area contributed by atoms with E-state index in [-0.39, 0.29) is 23.7 Å². The summed E-state index contributed by atoms with van der Waals surface area (Å²) in [6.07, 6.45) is 0. The molecule has 0 saturated carbocycles. The maximum Gasteiger partial charge on any atom is 0.256 e. The third kappa shape index (κ3) is 7.12. The molecule has 0 heterocycles. The number of rotatable bonds is 7. The number of nitrogens with one attached hydrogen (secondary N) is 2. The molecule has 0 unspecified atom stereocenters. The fourth-order valence-corrected chi connectivity index (χ4v) is 2.44. The summed E-state index contributed by atoms with van der Waals surface area (Å²) >= 11 is 0. The second-order valence-electron chi connectivity index (χ2n) is 7.51. The Labute approximate surface area is 168 Å². The molecule has 0 aliphatic carbocycles. The Bertz CT molecular complexity index is 740. The van der Waals surface area contributed by atoms with Gasteiger partial charge in [-0.05, 0) is 54.3 Å². The van der Waals surface area contributed by atoms with Crippen LogP contribution >= 0.6 is 12.4 Å². The van der Waals surface area contributed by atoms with E-state index >= 15 is 0 Å². The van der Waals surface area contributed by atoms with Crippen molar-refractivity contribution in [3.05, 3.63) is 53.6 Å². The van der Waals surface area contributed by atoms with Gasteiger partial charge in [0, 0.05) is 30.0 Å². The lowest BCUT2D eigenvalue weighted by atomic mass is 9.96. The molecule has 0 saturated heterocycles. The molecule has 0 bridgehead atoms. The maximum atomic E-state index is 12.7. The Morgan fingerprint density at radius 1 is 1.11 bits per heavy atom. The topological polar surface area (TPSA) is 76.4 Å². The number of carbonyl (C=O) groups excluding carboxylic acids is 1. The normalized spacial score (nSPS) is 10.7. The van der Waals surface area contributed by atoms with E-state index in [1.54, 1.807) is 0 Å². The average molecular weight is 392 g/mol. The predicted molar refractivity (Wildman–Crippen MR) is 115 cm³/mol. The highest BCUT2D eigenvalue weighted by atomic mass is 35.5. The van der Waals surface area contributed by atoms with E-state index in [0.29, 0.717) is 18.7 Å². The second kappa shape index (κ2) is 10.2. The molecule has 5 nitrogen and oxygen atoms in total. The summed E-state index contributed by atoms with van der Waals surface area (Å²) in [4.78, 5) is 12.7. The van der Waals surface area contributed by atoms with Gasteiger partial charge in [-0.3, -0.25) is 4.79 Å². The Morgan fingerprint density at radius 3 is 2.37 bits per heavy atom. The molecule has 27 heavy (non-hydrogen) atoms. The van der Waals surface area contributed by atoms with Crippen LogP contribution in [-0.4, -0.2) is 25.6 Å². The summed E-state index contributed by atoms with van der Waals surface area (Å²) in [5.41, 5.74) is 8.90. The van der Waals surface area contributed by atoms with Gasteiger partial charge in [0.2, 0.25) is 0 Å². The number of benzene rings is 2. The first-order valence-electron chi connectivity index (χ1n) is 8.88. The van der Waals surface area contributed by atoms with Gasteiger partial charge in [0.05, 0.1) is 0 Å². The van der Waals surface area contributed by atoms with Gasteiger partial charge in [0.1, 0.15) is 12.4 Å². The van der Waals surface area contributed by atoms with Crippen molar-refractivity contribution in [1.29, 1.82) is 0 Å². The lowest BCUT2D eigenvalue weighted by molar-refractivity contribution is 0.102. The molecule has 2 rings (SSSR count). The van der Waals surface area contributed by atoms with Crippen molar-refractivity contribution in [2.75, 3.05) is 30.3 Å². The molecule has 0 aromatic heterocycles. The minimum atomic E-state index is -0.127. The van der Waals surface area contributed by atoms with Crippen molar-refractivity contribution in [2.24, 2.45) is 11.1 Å². The summed E-state index contributed by atoms with van der Waals surface area (Å²) in [6.45, 7) is 10.3. The number of amides is 1. The first-order valence-corrected chi connectivity index (χ1v) is 8.88. The molecule has 0 radical (unpaired) electrons. The highest BCUT2D eigenvalue weighted by molar-refractivity contribution is 6.06. The number of hydrogen-bond acceptors (Lipinski definition) is 4. The number of nitrogens with two attached hydrogens (primary N) is 1. The lowest BCUT2D eigenvalue weighted by Gasteiger charge is -2.21. The molecule has 2 aromatic rings. The third-order valence-corrected chi connectivity index (χ3v) is 3.89. The first-order chi connectivity index (χ1) is 12.3. The van der Waals surface area contributed by atoms with E-state index in [0.717, 1.165) is 29.2 Å². The molecule has 148 valence electrons.